The van der Waals surface area contributed by atoms with E-state index in [-0.39, 0.29) is 12.3 Å². The summed E-state index contributed by atoms with van der Waals surface area (Å²) < 4.78 is 40.6. The topological polar surface area (TPSA) is 77.6 Å². The molecule has 0 aromatic carbocycles. The first kappa shape index (κ1) is 15.3. The molecule has 114 valence electrons. The number of hydrogen-bond acceptors (Lipinski definition) is 6. The average Bonchev–Trinajstić information content (AvgIpc) is 2.89. The molecule has 0 aliphatic carbocycles. The van der Waals surface area contributed by atoms with Gasteiger partial charge in [0.15, 0.2) is 0 Å². The van der Waals surface area contributed by atoms with Crippen LogP contribution in [0.3, 0.4) is 0 Å². The van der Waals surface area contributed by atoms with Gasteiger partial charge in [0.25, 0.3) is 6.43 Å². The Balaban J connectivity index is 2.12. The molecular formula is C12H18F2N2O4. The summed E-state index contributed by atoms with van der Waals surface area (Å²) >= 11 is 0. The van der Waals surface area contributed by atoms with Gasteiger partial charge in [-0.05, 0) is 6.92 Å². The zero-order valence-electron chi connectivity index (χ0n) is 11.2. The zero-order chi connectivity index (χ0) is 14.6. The average molecular weight is 292 g/mol. The van der Waals surface area contributed by atoms with E-state index >= 15 is 0 Å². The zero-order valence-corrected chi connectivity index (χ0v) is 11.2. The fourth-order valence-electron chi connectivity index (χ4n) is 2.20. The van der Waals surface area contributed by atoms with E-state index in [0.717, 1.165) is 0 Å². The number of aliphatic hydroxyl groups excluding tert-OH is 1. The van der Waals surface area contributed by atoms with Crippen molar-refractivity contribution >= 4 is 0 Å². The first-order valence-electron chi connectivity index (χ1n) is 6.58. The summed E-state index contributed by atoms with van der Waals surface area (Å²) in [4.78, 5) is 4.10. The Morgan fingerprint density at radius 2 is 2.10 bits per heavy atom. The summed E-state index contributed by atoms with van der Waals surface area (Å²) in [6.07, 6.45) is -3.85. The second kappa shape index (κ2) is 6.55. The van der Waals surface area contributed by atoms with Gasteiger partial charge in [0.05, 0.1) is 6.42 Å². The van der Waals surface area contributed by atoms with Crippen LogP contribution in [0.2, 0.25) is 0 Å². The van der Waals surface area contributed by atoms with E-state index in [4.69, 9.17) is 19.1 Å². The highest BCUT2D eigenvalue weighted by Crippen LogP contribution is 2.34. The van der Waals surface area contributed by atoms with Gasteiger partial charge < -0.3 is 19.1 Å². The number of aromatic nitrogens is 2. The van der Waals surface area contributed by atoms with Gasteiger partial charge >= 0.3 is 0 Å². The van der Waals surface area contributed by atoms with Crippen molar-refractivity contribution in [1.82, 2.24) is 10.1 Å². The Morgan fingerprint density at radius 1 is 1.40 bits per heavy atom. The van der Waals surface area contributed by atoms with E-state index in [1.54, 1.807) is 0 Å². The van der Waals surface area contributed by atoms with Gasteiger partial charge in [-0.3, -0.25) is 0 Å². The molecule has 1 atom stereocenters. The maximum Gasteiger partial charge on any atom is 0.264 e. The summed E-state index contributed by atoms with van der Waals surface area (Å²) in [6, 6.07) is 0. The molecule has 0 amide bonds. The molecule has 1 aliphatic heterocycles. The van der Waals surface area contributed by atoms with E-state index < -0.39 is 18.1 Å². The molecule has 0 spiro atoms. The minimum atomic E-state index is -2.84. The highest BCUT2D eigenvalue weighted by atomic mass is 19.3. The largest absolute Gasteiger partial charge is 0.387 e. The molecule has 1 aromatic rings. The maximum absolute atomic E-state index is 12.3. The number of halogens is 2. The van der Waals surface area contributed by atoms with E-state index in [1.807, 2.05) is 6.92 Å². The molecule has 20 heavy (non-hydrogen) atoms. The number of aliphatic hydroxyl groups is 1. The summed E-state index contributed by atoms with van der Waals surface area (Å²) in [5.74, 6) is 0.317. The van der Waals surface area contributed by atoms with Gasteiger partial charge in [-0.25, -0.2) is 8.78 Å². The second-order valence-corrected chi connectivity index (χ2v) is 4.66. The van der Waals surface area contributed by atoms with Crippen LogP contribution in [0.15, 0.2) is 4.52 Å². The molecule has 1 unspecified atom stereocenters. The van der Waals surface area contributed by atoms with Gasteiger partial charge in [-0.2, -0.15) is 4.98 Å². The van der Waals surface area contributed by atoms with Gasteiger partial charge in [0.2, 0.25) is 11.7 Å². The van der Waals surface area contributed by atoms with Crippen molar-refractivity contribution in [2.45, 2.75) is 44.3 Å². The highest BCUT2D eigenvalue weighted by molar-refractivity contribution is 5.03. The van der Waals surface area contributed by atoms with Crippen molar-refractivity contribution in [2.24, 2.45) is 0 Å². The first-order chi connectivity index (χ1) is 9.57. The maximum atomic E-state index is 12.3. The minimum absolute atomic E-state index is 0.0154. The van der Waals surface area contributed by atoms with Gasteiger partial charge in [0.1, 0.15) is 11.7 Å². The Morgan fingerprint density at radius 3 is 2.70 bits per heavy atom. The van der Waals surface area contributed by atoms with Crippen LogP contribution >= 0.6 is 0 Å². The van der Waals surface area contributed by atoms with Crippen LogP contribution in [0, 0.1) is 0 Å². The van der Waals surface area contributed by atoms with Crippen LogP contribution in [0.4, 0.5) is 8.78 Å². The lowest BCUT2D eigenvalue weighted by atomic mass is 9.93. The van der Waals surface area contributed by atoms with E-state index in [1.165, 1.54) is 0 Å². The van der Waals surface area contributed by atoms with Crippen LogP contribution in [-0.2, 0) is 21.5 Å². The third-order valence-corrected chi connectivity index (χ3v) is 3.27. The van der Waals surface area contributed by atoms with Gasteiger partial charge in [-0.1, -0.05) is 5.16 Å². The predicted molar refractivity (Wildman–Crippen MR) is 63.4 cm³/mol. The van der Waals surface area contributed by atoms with Crippen LogP contribution in [0.1, 0.15) is 31.5 Å². The fraction of sp³-hybridized carbons (Fsp3) is 0.833. The Labute approximate surface area is 115 Å². The lowest BCUT2D eigenvalue weighted by molar-refractivity contribution is -0.118. The SMILES string of the molecule is CCOC1(c2noc(CC(O)C(F)F)n2)CCOCC1. The summed E-state index contributed by atoms with van der Waals surface area (Å²) in [7, 11) is 0. The van der Waals surface area contributed by atoms with Crippen molar-refractivity contribution in [1.29, 1.82) is 0 Å². The normalized spacial score (nSPS) is 20.2. The van der Waals surface area contributed by atoms with Crippen molar-refractivity contribution in [3.63, 3.8) is 0 Å². The molecule has 2 heterocycles. The molecule has 1 aliphatic rings. The fourth-order valence-corrected chi connectivity index (χ4v) is 2.20. The van der Waals surface area contributed by atoms with Crippen LogP contribution < -0.4 is 0 Å². The molecule has 6 nitrogen and oxygen atoms in total. The van der Waals surface area contributed by atoms with Gasteiger partial charge in [0, 0.05) is 32.7 Å². The highest BCUT2D eigenvalue weighted by Gasteiger charge is 2.40. The molecule has 0 radical (unpaired) electrons. The first-order valence-corrected chi connectivity index (χ1v) is 6.58. The second-order valence-electron chi connectivity index (χ2n) is 4.66. The van der Waals surface area contributed by atoms with Crippen molar-refractivity contribution < 1.29 is 27.9 Å². The molecule has 0 saturated carbocycles. The summed E-state index contributed by atoms with van der Waals surface area (Å²) in [5.41, 5.74) is -0.690. The Kier molecular flexibility index (Phi) is 5.00. The molecule has 8 heteroatoms. The Hall–Kier alpha value is -1.12. The molecular weight excluding hydrogens is 274 g/mol. The number of ether oxygens (including phenoxy) is 2. The van der Waals surface area contributed by atoms with E-state index in [2.05, 4.69) is 10.1 Å². The third kappa shape index (κ3) is 3.31. The van der Waals surface area contributed by atoms with Crippen LogP contribution in [0.5, 0.6) is 0 Å². The van der Waals surface area contributed by atoms with Crippen LogP contribution in [0.25, 0.3) is 0 Å². The summed E-state index contributed by atoms with van der Waals surface area (Å²) in [6.45, 7) is 3.37. The monoisotopic (exact) mass is 292 g/mol. The molecule has 1 fully saturated rings. The predicted octanol–water partition coefficient (Wildman–Crippen LogP) is 1.28. The lowest BCUT2D eigenvalue weighted by Crippen LogP contribution is -2.37. The van der Waals surface area contributed by atoms with E-state index in [9.17, 15) is 8.78 Å². The molecule has 0 bridgehead atoms. The van der Waals surface area contributed by atoms with Crippen LogP contribution in [-0.4, -0.2) is 47.6 Å². The number of rotatable bonds is 6. The minimum Gasteiger partial charge on any atom is -0.387 e. The van der Waals surface area contributed by atoms with E-state index in [0.29, 0.717) is 38.5 Å². The third-order valence-electron chi connectivity index (χ3n) is 3.27. The van der Waals surface area contributed by atoms with Crippen molar-refractivity contribution in [3.05, 3.63) is 11.7 Å². The molecule has 2 rings (SSSR count). The molecule has 1 aromatic heterocycles. The lowest BCUT2D eigenvalue weighted by Gasteiger charge is -2.33. The quantitative estimate of drug-likeness (QED) is 0.851. The summed E-state index contributed by atoms with van der Waals surface area (Å²) in [5, 5.41) is 13.0. The number of hydrogen-bond donors (Lipinski definition) is 1. The smallest absolute Gasteiger partial charge is 0.264 e. The molecule has 1 saturated heterocycles. The van der Waals surface area contributed by atoms with Gasteiger partial charge in [-0.15, -0.1) is 0 Å². The van der Waals surface area contributed by atoms with Crippen molar-refractivity contribution in [2.75, 3.05) is 19.8 Å². The molecule has 1 N–H and O–H groups in total. The Bertz CT molecular complexity index is 416. The number of nitrogens with zero attached hydrogens (tertiary/aromatic N) is 2. The number of alkyl halides is 2. The standard InChI is InChI=1S/C12H18F2N2O4/c1-2-19-12(3-5-18-6-4-12)11-15-9(20-16-11)7-8(17)10(13)14/h8,10,17H,2-7H2,1H3. The van der Waals surface area contributed by atoms with Crippen molar-refractivity contribution in [3.8, 4) is 0 Å².